The summed E-state index contributed by atoms with van der Waals surface area (Å²) in [6.07, 6.45) is -3.01. The molecule has 0 spiro atoms. The van der Waals surface area contributed by atoms with Crippen LogP contribution in [0.3, 0.4) is 0 Å². The minimum atomic E-state index is -4.86. The van der Waals surface area contributed by atoms with Crippen LogP contribution >= 0.6 is 0 Å². The van der Waals surface area contributed by atoms with Crippen LogP contribution in [0.1, 0.15) is 5.69 Å². The van der Waals surface area contributed by atoms with Gasteiger partial charge in [0.05, 0.1) is 6.20 Å². The number of rotatable bonds is 6. The van der Waals surface area contributed by atoms with Crippen LogP contribution < -0.4 is 20.7 Å². The van der Waals surface area contributed by atoms with Crippen molar-refractivity contribution in [3.8, 4) is 23.3 Å². The second kappa shape index (κ2) is 8.19. The maximum Gasteiger partial charge on any atom is 0.431 e. The summed E-state index contributed by atoms with van der Waals surface area (Å²) in [7, 11) is 0.904. The van der Waals surface area contributed by atoms with E-state index in [1.54, 1.807) is 0 Å². The zero-order chi connectivity index (χ0) is 21.9. The molecule has 0 amide bonds. The zero-order valence-electron chi connectivity index (χ0n) is 15.3. The predicted molar refractivity (Wildman–Crippen MR) is 95.9 cm³/mol. The summed E-state index contributed by atoms with van der Waals surface area (Å²) in [5, 5.41) is 0. The smallest absolute Gasteiger partial charge is 0.431 e. The monoisotopic (exact) mass is 422 g/mol. The van der Waals surface area contributed by atoms with E-state index in [4.69, 9.17) is 9.47 Å². The van der Waals surface area contributed by atoms with Crippen LogP contribution in [0.15, 0.2) is 52.2 Å². The average Bonchev–Trinajstić information content (AvgIpc) is 2.70. The van der Waals surface area contributed by atoms with Gasteiger partial charge in [-0.25, -0.2) is 14.3 Å². The zero-order valence-corrected chi connectivity index (χ0v) is 15.3. The predicted octanol–water partition coefficient (Wildman–Crippen LogP) is 1.71. The Labute approximate surface area is 166 Å². The van der Waals surface area contributed by atoms with Crippen molar-refractivity contribution in [2.24, 2.45) is 7.05 Å². The van der Waals surface area contributed by atoms with Crippen molar-refractivity contribution in [3.63, 3.8) is 0 Å². The molecular formula is C18H13F3N4O5. The summed E-state index contributed by atoms with van der Waals surface area (Å²) < 4.78 is 50.2. The van der Waals surface area contributed by atoms with Gasteiger partial charge in [0, 0.05) is 25.2 Å². The second-order valence-electron chi connectivity index (χ2n) is 5.79. The van der Waals surface area contributed by atoms with Gasteiger partial charge >= 0.3 is 11.9 Å². The highest BCUT2D eigenvalue weighted by atomic mass is 19.4. The number of alkyl halides is 3. The number of nitrogens with zero attached hydrogens (tertiary/aromatic N) is 4. The summed E-state index contributed by atoms with van der Waals surface area (Å²) in [6.45, 7) is -0.159. The number of pyridine rings is 2. The molecule has 0 aliphatic rings. The first kappa shape index (κ1) is 20.8. The van der Waals surface area contributed by atoms with E-state index in [0.29, 0.717) is 21.5 Å². The Morgan fingerprint density at radius 1 is 1.13 bits per heavy atom. The summed E-state index contributed by atoms with van der Waals surface area (Å²) in [6, 6.07) is 7.34. The molecule has 0 saturated carbocycles. The third-order valence-electron chi connectivity index (χ3n) is 3.78. The normalized spacial score (nSPS) is 11.2. The molecule has 0 N–H and O–H groups in total. The minimum Gasteiger partial charge on any atom is -0.470 e. The van der Waals surface area contributed by atoms with E-state index in [-0.39, 0.29) is 29.9 Å². The molecule has 0 aliphatic carbocycles. The van der Waals surface area contributed by atoms with Gasteiger partial charge in [0.1, 0.15) is 23.9 Å². The van der Waals surface area contributed by atoms with Crippen LogP contribution in [0, 0.1) is 0 Å². The van der Waals surface area contributed by atoms with E-state index in [1.807, 2.05) is 0 Å². The van der Waals surface area contributed by atoms with Crippen LogP contribution in [0.25, 0.3) is 5.82 Å². The quantitative estimate of drug-likeness (QED) is 0.557. The van der Waals surface area contributed by atoms with Gasteiger partial charge in [-0.05, 0) is 12.1 Å². The average molecular weight is 422 g/mol. The molecule has 12 heteroatoms. The van der Waals surface area contributed by atoms with Gasteiger partial charge in [-0.15, -0.1) is 0 Å². The highest BCUT2D eigenvalue weighted by Gasteiger charge is 2.35. The lowest BCUT2D eigenvalue weighted by Crippen LogP contribution is -2.41. The SMILES string of the molecule is Cn1c(C(F)(F)F)cc(=O)n(-c2cccc(Oc3ccc(OCC=O)nc3)n2)c1=O. The summed E-state index contributed by atoms with van der Waals surface area (Å²) in [5.74, 6) is 0.164. The minimum absolute atomic E-state index is 0.0373. The highest BCUT2D eigenvalue weighted by molar-refractivity contribution is 5.51. The Morgan fingerprint density at radius 3 is 2.53 bits per heavy atom. The molecule has 3 heterocycles. The van der Waals surface area contributed by atoms with E-state index < -0.39 is 23.1 Å². The summed E-state index contributed by atoms with van der Waals surface area (Å²) >= 11 is 0. The molecule has 0 atom stereocenters. The first-order valence-corrected chi connectivity index (χ1v) is 8.29. The molecule has 3 aromatic rings. The number of carbonyl (C=O) groups excluding carboxylic acids is 1. The summed E-state index contributed by atoms with van der Waals surface area (Å²) in [5.41, 5.74) is -3.77. The van der Waals surface area contributed by atoms with Gasteiger partial charge in [0.25, 0.3) is 5.56 Å². The lowest BCUT2D eigenvalue weighted by atomic mass is 10.3. The highest BCUT2D eigenvalue weighted by Crippen LogP contribution is 2.27. The lowest BCUT2D eigenvalue weighted by molar-refractivity contribution is -0.144. The van der Waals surface area contributed by atoms with Gasteiger partial charge in [-0.1, -0.05) is 6.07 Å². The Morgan fingerprint density at radius 2 is 1.90 bits per heavy atom. The molecule has 0 bridgehead atoms. The molecule has 0 fully saturated rings. The van der Waals surface area contributed by atoms with Gasteiger partial charge in [0.15, 0.2) is 6.29 Å². The van der Waals surface area contributed by atoms with Crippen molar-refractivity contribution >= 4 is 6.29 Å². The maximum absolute atomic E-state index is 13.0. The fraction of sp³-hybridized carbons (Fsp3) is 0.167. The van der Waals surface area contributed by atoms with Crippen molar-refractivity contribution < 1.29 is 27.4 Å². The van der Waals surface area contributed by atoms with Crippen LogP contribution in [0.4, 0.5) is 13.2 Å². The number of aldehydes is 1. The van der Waals surface area contributed by atoms with E-state index >= 15 is 0 Å². The molecule has 0 aromatic carbocycles. The maximum atomic E-state index is 13.0. The topological polar surface area (TPSA) is 105 Å². The molecule has 0 saturated heterocycles. The summed E-state index contributed by atoms with van der Waals surface area (Å²) in [4.78, 5) is 42.7. The third kappa shape index (κ3) is 4.37. The molecule has 3 aromatic heterocycles. The van der Waals surface area contributed by atoms with Gasteiger partial charge in [0.2, 0.25) is 11.8 Å². The fourth-order valence-electron chi connectivity index (χ4n) is 2.45. The largest absolute Gasteiger partial charge is 0.470 e. The number of aromatic nitrogens is 4. The van der Waals surface area contributed by atoms with Crippen molar-refractivity contribution in [2.45, 2.75) is 6.18 Å². The van der Waals surface area contributed by atoms with Gasteiger partial charge < -0.3 is 9.47 Å². The van der Waals surface area contributed by atoms with Crippen LogP contribution in [-0.2, 0) is 18.0 Å². The molecule has 0 radical (unpaired) electrons. The van der Waals surface area contributed by atoms with Crippen LogP contribution in [-0.4, -0.2) is 32.0 Å². The van der Waals surface area contributed by atoms with E-state index in [2.05, 4.69) is 9.97 Å². The first-order valence-electron chi connectivity index (χ1n) is 8.29. The number of carbonyl (C=O) groups is 1. The Hall–Kier alpha value is -3.96. The molecule has 0 aliphatic heterocycles. The standard InChI is InChI=1S/C18H13F3N4O5/c1-24-12(18(19,20)21)9-16(27)25(17(24)28)13-3-2-4-15(23-13)30-11-5-6-14(22-10-11)29-8-7-26/h2-7,9-10H,8H2,1H3. The fourth-order valence-corrected chi connectivity index (χ4v) is 2.45. The van der Waals surface area contributed by atoms with E-state index in [1.165, 1.54) is 36.5 Å². The Bertz CT molecular complexity index is 1190. The molecule has 156 valence electrons. The number of halogens is 3. The lowest BCUT2D eigenvalue weighted by Gasteiger charge is -2.14. The molecule has 0 unspecified atom stereocenters. The van der Waals surface area contributed by atoms with Gasteiger partial charge in [-0.3, -0.25) is 14.2 Å². The third-order valence-corrected chi connectivity index (χ3v) is 3.78. The number of ether oxygens (including phenoxy) is 2. The van der Waals surface area contributed by atoms with Crippen molar-refractivity contribution in [3.05, 3.63) is 69.1 Å². The van der Waals surface area contributed by atoms with E-state index in [0.717, 1.165) is 7.05 Å². The molecule has 9 nitrogen and oxygen atoms in total. The van der Waals surface area contributed by atoms with Gasteiger partial charge in [-0.2, -0.15) is 18.2 Å². The molecule has 30 heavy (non-hydrogen) atoms. The van der Waals surface area contributed by atoms with Crippen LogP contribution in [0.2, 0.25) is 0 Å². The molecule has 3 rings (SSSR count). The van der Waals surface area contributed by atoms with Crippen molar-refractivity contribution in [1.82, 2.24) is 19.1 Å². The Kier molecular flexibility index (Phi) is 5.67. The second-order valence-corrected chi connectivity index (χ2v) is 5.79. The number of hydrogen-bond donors (Lipinski definition) is 0. The number of hydrogen-bond acceptors (Lipinski definition) is 7. The van der Waals surface area contributed by atoms with Crippen molar-refractivity contribution in [2.75, 3.05) is 6.61 Å². The Balaban J connectivity index is 1.93. The first-order chi connectivity index (χ1) is 14.2. The van der Waals surface area contributed by atoms with Crippen LogP contribution in [0.5, 0.6) is 17.5 Å². The molecular weight excluding hydrogens is 409 g/mol. The van der Waals surface area contributed by atoms with Crippen molar-refractivity contribution in [1.29, 1.82) is 0 Å². The van der Waals surface area contributed by atoms with E-state index in [9.17, 15) is 27.6 Å².